The van der Waals surface area contributed by atoms with Crippen molar-refractivity contribution in [2.24, 2.45) is 0 Å². The molecule has 0 unspecified atom stereocenters. The third-order valence-electron chi connectivity index (χ3n) is 4.87. The molecule has 0 atom stereocenters. The smallest absolute Gasteiger partial charge is 0.291 e. The lowest BCUT2D eigenvalue weighted by molar-refractivity contribution is 0.0995. The van der Waals surface area contributed by atoms with Gasteiger partial charge in [0.25, 0.3) is 11.8 Å². The average Bonchev–Trinajstić information content (AvgIpc) is 3.32. The Hall–Kier alpha value is -3.45. The van der Waals surface area contributed by atoms with E-state index >= 15 is 0 Å². The maximum atomic E-state index is 12.7. The monoisotopic (exact) mass is 514 g/mol. The number of methoxy groups -OCH3 is 1. The van der Waals surface area contributed by atoms with Gasteiger partial charge in [0.1, 0.15) is 11.5 Å². The summed E-state index contributed by atoms with van der Waals surface area (Å²) in [6.45, 7) is 0. The zero-order chi connectivity index (χ0) is 24.2. The van der Waals surface area contributed by atoms with Gasteiger partial charge >= 0.3 is 0 Å². The molecule has 0 fully saturated rings. The van der Waals surface area contributed by atoms with Crippen LogP contribution in [0.1, 0.15) is 20.9 Å². The molecule has 9 heteroatoms. The van der Waals surface area contributed by atoms with Gasteiger partial charge in [-0.2, -0.15) is 0 Å². The van der Waals surface area contributed by atoms with Crippen LogP contribution >= 0.6 is 34.8 Å². The Balaban J connectivity index is 1.50. The molecule has 6 nitrogen and oxygen atoms in total. The van der Waals surface area contributed by atoms with Gasteiger partial charge in [-0.15, -0.1) is 0 Å². The lowest BCUT2D eigenvalue weighted by atomic mass is 10.2. The predicted molar refractivity (Wildman–Crippen MR) is 135 cm³/mol. The largest absolute Gasteiger partial charge is 0.494 e. The molecule has 1 aromatic heterocycles. The molecule has 0 spiro atoms. The van der Waals surface area contributed by atoms with Crippen molar-refractivity contribution in [3.8, 4) is 17.1 Å². The summed E-state index contributed by atoms with van der Waals surface area (Å²) in [7, 11) is 1.46. The Morgan fingerprint density at radius 3 is 2.35 bits per heavy atom. The van der Waals surface area contributed by atoms with E-state index in [1.165, 1.54) is 13.2 Å². The van der Waals surface area contributed by atoms with Crippen molar-refractivity contribution in [2.45, 2.75) is 0 Å². The molecule has 4 rings (SSSR count). The number of benzene rings is 3. The maximum Gasteiger partial charge on any atom is 0.291 e. The molecule has 0 aliphatic rings. The summed E-state index contributed by atoms with van der Waals surface area (Å²) in [5.41, 5.74) is 1.77. The van der Waals surface area contributed by atoms with Crippen LogP contribution in [-0.4, -0.2) is 18.9 Å². The van der Waals surface area contributed by atoms with E-state index in [2.05, 4.69) is 10.6 Å². The molecule has 0 aliphatic carbocycles. The second kappa shape index (κ2) is 10.2. The van der Waals surface area contributed by atoms with Crippen molar-refractivity contribution < 1.29 is 18.7 Å². The molecule has 34 heavy (non-hydrogen) atoms. The maximum absolute atomic E-state index is 12.7. The fraction of sp³-hybridized carbons (Fsp3) is 0.0400. The fourth-order valence-corrected chi connectivity index (χ4v) is 3.81. The number of nitrogens with one attached hydrogen (secondary N) is 2. The predicted octanol–water partition coefficient (Wildman–Crippen LogP) is 7.42. The summed E-state index contributed by atoms with van der Waals surface area (Å²) in [5, 5.41) is 6.55. The minimum absolute atomic E-state index is 0.0844. The quantitative estimate of drug-likeness (QED) is 0.280. The van der Waals surface area contributed by atoms with Gasteiger partial charge in [-0.3, -0.25) is 9.59 Å². The molecule has 0 bridgehead atoms. The Bertz CT molecular complexity index is 1380. The molecule has 0 aliphatic heterocycles. The van der Waals surface area contributed by atoms with Crippen LogP contribution in [0, 0.1) is 0 Å². The van der Waals surface area contributed by atoms with Crippen molar-refractivity contribution in [2.75, 3.05) is 17.7 Å². The number of ether oxygens (including phenoxy) is 1. The average molecular weight is 516 g/mol. The van der Waals surface area contributed by atoms with E-state index in [4.69, 9.17) is 44.0 Å². The van der Waals surface area contributed by atoms with Gasteiger partial charge in [0.05, 0.1) is 33.4 Å². The van der Waals surface area contributed by atoms with Crippen LogP contribution in [0.4, 0.5) is 11.4 Å². The van der Waals surface area contributed by atoms with E-state index in [-0.39, 0.29) is 11.7 Å². The first-order valence-corrected chi connectivity index (χ1v) is 11.1. The van der Waals surface area contributed by atoms with Crippen molar-refractivity contribution in [1.29, 1.82) is 0 Å². The van der Waals surface area contributed by atoms with Gasteiger partial charge in [-0.25, -0.2) is 0 Å². The zero-order valence-corrected chi connectivity index (χ0v) is 20.0. The number of carbonyl (C=O) groups excluding carboxylic acids is 2. The third kappa shape index (κ3) is 5.04. The van der Waals surface area contributed by atoms with E-state index in [9.17, 15) is 9.59 Å². The van der Waals surface area contributed by atoms with Crippen LogP contribution < -0.4 is 15.4 Å². The van der Waals surface area contributed by atoms with E-state index in [0.717, 1.165) is 0 Å². The summed E-state index contributed by atoms with van der Waals surface area (Å²) < 4.78 is 11.1. The normalized spacial score (nSPS) is 10.6. The number of anilines is 2. The van der Waals surface area contributed by atoms with Gasteiger partial charge in [-0.1, -0.05) is 53.0 Å². The molecule has 172 valence electrons. The van der Waals surface area contributed by atoms with Crippen molar-refractivity contribution in [1.82, 2.24) is 0 Å². The highest BCUT2D eigenvalue weighted by atomic mass is 35.5. The molecule has 1 heterocycles. The van der Waals surface area contributed by atoms with Gasteiger partial charge in [0.15, 0.2) is 5.76 Å². The molecular formula is C25H17Cl3N2O4. The molecule has 0 radical (unpaired) electrons. The number of carbonyl (C=O) groups is 2. The van der Waals surface area contributed by atoms with Gasteiger partial charge in [0.2, 0.25) is 0 Å². The van der Waals surface area contributed by atoms with Crippen LogP contribution in [0.3, 0.4) is 0 Å². The number of rotatable bonds is 6. The van der Waals surface area contributed by atoms with Crippen LogP contribution in [-0.2, 0) is 0 Å². The van der Waals surface area contributed by atoms with Crippen molar-refractivity contribution in [3.63, 3.8) is 0 Å². The Labute approximate surface area is 210 Å². The SMILES string of the molecule is COc1cc(NC(=O)c2ccc(-c3cccc(Cl)c3Cl)o2)ccc1NC(=O)c1ccccc1Cl. The molecule has 4 aromatic rings. The lowest BCUT2D eigenvalue weighted by Crippen LogP contribution is -2.14. The number of hydrogen-bond acceptors (Lipinski definition) is 4. The van der Waals surface area contributed by atoms with Crippen LogP contribution in [0.2, 0.25) is 15.1 Å². The van der Waals surface area contributed by atoms with Crippen LogP contribution in [0.5, 0.6) is 5.75 Å². The van der Waals surface area contributed by atoms with Crippen molar-refractivity contribution in [3.05, 3.63) is 99.2 Å². The minimum Gasteiger partial charge on any atom is -0.494 e. The summed E-state index contributed by atoms with van der Waals surface area (Å²) in [6.07, 6.45) is 0. The summed E-state index contributed by atoms with van der Waals surface area (Å²) in [4.78, 5) is 25.3. The van der Waals surface area contributed by atoms with Gasteiger partial charge in [-0.05, 0) is 48.5 Å². The zero-order valence-electron chi connectivity index (χ0n) is 17.7. The minimum atomic E-state index is -0.473. The van der Waals surface area contributed by atoms with Crippen LogP contribution in [0.15, 0.2) is 77.2 Å². The summed E-state index contributed by atoms with van der Waals surface area (Å²) >= 11 is 18.4. The number of hydrogen-bond donors (Lipinski definition) is 2. The first kappa shape index (κ1) is 23.7. The van der Waals surface area contributed by atoms with E-state index in [1.54, 1.807) is 66.7 Å². The lowest BCUT2D eigenvalue weighted by Gasteiger charge is -2.13. The second-order valence-electron chi connectivity index (χ2n) is 7.07. The number of amides is 2. The molecule has 0 saturated heterocycles. The third-order valence-corrected chi connectivity index (χ3v) is 6.02. The standard InChI is InChI=1S/C25H17Cl3N2O4/c1-33-22-13-14(9-10-19(22)30-24(31)15-5-2-3-7-17(15)26)29-25(32)21-12-11-20(34-21)16-6-4-8-18(27)23(16)28/h2-13H,1H3,(H,29,32)(H,30,31). The Kier molecular flexibility index (Phi) is 7.12. The molecular weight excluding hydrogens is 499 g/mol. The number of halogens is 3. The summed E-state index contributed by atoms with van der Waals surface area (Å²) in [5.74, 6) is -0.0131. The molecule has 0 saturated carbocycles. The Morgan fingerprint density at radius 1 is 0.824 bits per heavy atom. The Morgan fingerprint density at radius 2 is 1.59 bits per heavy atom. The molecule has 2 N–H and O–H groups in total. The first-order chi connectivity index (χ1) is 16.4. The highest BCUT2D eigenvalue weighted by Crippen LogP contribution is 2.35. The highest BCUT2D eigenvalue weighted by Gasteiger charge is 2.17. The second-order valence-corrected chi connectivity index (χ2v) is 8.26. The molecule has 2 amide bonds. The van der Waals surface area contributed by atoms with Gasteiger partial charge in [0, 0.05) is 17.3 Å². The van der Waals surface area contributed by atoms with E-state index < -0.39 is 5.91 Å². The first-order valence-electron chi connectivity index (χ1n) is 9.97. The topological polar surface area (TPSA) is 80.6 Å². The molecule has 3 aromatic carbocycles. The van der Waals surface area contributed by atoms with E-state index in [1.807, 2.05) is 0 Å². The highest BCUT2D eigenvalue weighted by molar-refractivity contribution is 6.43. The van der Waals surface area contributed by atoms with E-state index in [0.29, 0.717) is 49.1 Å². The number of furan rings is 1. The summed E-state index contributed by atoms with van der Waals surface area (Å²) in [6, 6.07) is 19.9. The van der Waals surface area contributed by atoms with Crippen molar-refractivity contribution >= 4 is 58.0 Å². The van der Waals surface area contributed by atoms with Gasteiger partial charge < -0.3 is 19.8 Å². The van der Waals surface area contributed by atoms with Crippen LogP contribution in [0.25, 0.3) is 11.3 Å². The fourth-order valence-electron chi connectivity index (χ4n) is 3.20.